The van der Waals surface area contributed by atoms with Crippen molar-refractivity contribution in [2.75, 3.05) is 15.7 Å². The second-order valence-electron chi connectivity index (χ2n) is 14.3. The number of anilines is 3. The van der Waals surface area contributed by atoms with E-state index in [-0.39, 0.29) is 25.5 Å². The molecule has 2 heterocycles. The molecule has 254 valence electrons. The van der Waals surface area contributed by atoms with Crippen LogP contribution in [0.3, 0.4) is 0 Å². The largest absolute Gasteiger partial charge is 0.506 e. The van der Waals surface area contributed by atoms with E-state index in [1.165, 1.54) is 24.0 Å². The van der Waals surface area contributed by atoms with Crippen LogP contribution in [-0.4, -0.2) is 24.9 Å². The van der Waals surface area contributed by atoms with Crippen molar-refractivity contribution in [3.8, 4) is 0 Å². The Morgan fingerprint density at radius 3 is 1.90 bits per heavy atom. The summed E-state index contributed by atoms with van der Waals surface area (Å²) in [5.74, 6) is -0.171. The van der Waals surface area contributed by atoms with Crippen molar-refractivity contribution in [1.29, 1.82) is 0 Å². The summed E-state index contributed by atoms with van der Waals surface area (Å²) in [6, 6.07) is 37.7. The second-order valence-corrected chi connectivity index (χ2v) is 14.3. The van der Waals surface area contributed by atoms with Gasteiger partial charge in [-0.3, -0.25) is 4.79 Å². The van der Waals surface area contributed by atoms with Gasteiger partial charge in [-0.15, -0.1) is 0 Å². The van der Waals surface area contributed by atoms with Crippen molar-refractivity contribution >= 4 is 80.4 Å². The minimum absolute atomic E-state index is 0.00822. The third kappa shape index (κ3) is 5.36. The van der Waals surface area contributed by atoms with Crippen molar-refractivity contribution < 1.29 is 9.90 Å². The molecule has 8 heteroatoms. The topological polar surface area (TPSA) is 85.8 Å². The summed E-state index contributed by atoms with van der Waals surface area (Å²) < 4.78 is 0. The molecule has 6 aromatic rings. The normalized spacial score (nSPS) is 15.6. The van der Waals surface area contributed by atoms with Gasteiger partial charge < -0.3 is 25.7 Å². The van der Waals surface area contributed by atoms with E-state index in [0.29, 0.717) is 21.9 Å². The SMILES string of the molecule is CCCCc1ccc(B2N=c3/c(=C4/C(=O)C(c5ccc6cccc7c6c5NB(c5ccc(CCCC)cc5)N7)=C4O)ccc4cccc(c34)N2)cc1. The molecule has 3 aliphatic rings. The van der Waals surface area contributed by atoms with Crippen LogP contribution in [0.4, 0.5) is 17.1 Å². The van der Waals surface area contributed by atoms with Crippen LogP contribution in [0.15, 0.2) is 120 Å². The highest BCUT2D eigenvalue weighted by atomic mass is 16.3. The highest BCUT2D eigenvalue weighted by Crippen LogP contribution is 2.45. The maximum atomic E-state index is 14.4. The van der Waals surface area contributed by atoms with Crippen molar-refractivity contribution in [2.45, 2.75) is 52.4 Å². The molecule has 0 aromatic heterocycles. The van der Waals surface area contributed by atoms with Crippen LogP contribution in [0.1, 0.15) is 56.2 Å². The van der Waals surface area contributed by atoms with Gasteiger partial charge in [-0.2, -0.15) is 0 Å². The Hall–Kier alpha value is -5.75. The number of carbonyl (C=O) groups excluding carboxylic acids is 1. The Kier molecular flexibility index (Phi) is 8.10. The molecule has 52 heavy (non-hydrogen) atoms. The summed E-state index contributed by atoms with van der Waals surface area (Å²) in [6.07, 6.45) is 6.80. The van der Waals surface area contributed by atoms with E-state index >= 15 is 0 Å². The number of aliphatic hydroxyl groups excluding tert-OH is 1. The van der Waals surface area contributed by atoms with Crippen LogP contribution in [0, 0.1) is 0 Å². The van der Waals surface area contributed by atoms with E-state index in [1.807, 2.05) is 36.4 Å². The average molecular weight is 678 g/mol. The lowest BCUT2D eigenvalue weighted by Gasteiger charge is -2.31. The van der Waals surface area contributed by atoms with Gasteiger partial charge in [-0.25, -0.2) is 0 Å². The zero-order valence-corrected chi connectivity index (χ0v) is 29.6. The number of Topliss-reactive ketones (excluding diaryl/α,β-unsaturated/α-hetero) is 1. The molecule has 2 aliphatic heterocycles. The smallest absolute Gasteiger partial charge is 0.427 e. The molecule has 6 aromatic carbocycles. The van der Waals surface area contributed by atoms with E-state index < -0.39 is 0 Å². The van der Waals surface area contributed by atoms with Crippen LogP contribution in [0.2, 0.25) is 0 Å². The number of unbranched alkanes of at least 4 members (excludes halogenated alkanes) is 2. The van der Waals surface area contributed by atoms with Gasteiger partial charge in [0.1, 0.15) is 5.76 Å². The molecule has 0 spiro atoms. The fourth-order valence-corrected chi connectivity index (χ4v) is 8.05. The van der Waals surface area contributed by atoms with Crippen LogP contribution >= 0.6 is 0 Å². The van der Waals surface area contributed by atoms with Crippen molar-refractivity contribution in [2.24, 2.45) is 4.90 Å². The molecule has 1 aliphatic carbocycles. The first-order valence-electron chi connectivity index (χ1n) is 18.7. The van der Waals surface area contributed by atoms with Gasteiger partial charge in [0, 0.05) is 38.6 Å². The fraction of sp³-hybridized carbons (Fsp3) is 0.182. The number of ketones is 1. The number of nitrogens with one attached hydrogen (secondary N) is 3. The summed E-state index contributed by atoms with van der Waals surface area (Å²) in [5.41, 5.74) is 8.96. The molecule has 0 fully saturated rings. The molecule has 0 saturated carbocycles. The zero-order valence-electron chi connectivity index (χ0n) is 29.6. The van der Waals surface area contributed by atoms with Crippen molar-refractivity contribution in [3.63, 3.8) is 0 Å². The van der Waals surface area contributed by atoms with Crippen molar-refractivity contribution in [1.82, 2.24) is 0 Å². The summed E-state index contributed by atoms with van der Waals surface area (Å²) >= 11 is 0. The number of allylic oxidation sites excluding steroid dienone is 2. The standard InChI is InChI=1S/C44H40B2N4O2/c1-3-5-9-27-15-21-31(22-16-27)45-47-35-13-7-11-29-19-25-33(41(49-45)37(29)35)39-43(51)40(44(39)52)34-26-20-30-12-8-14-36-38(30)42(34)50-46(48-36)32-23-17-28(18-24-32)10-6-4-2/h7-8,11-26,47-49,51H,3-6,9-10H2,1-2H3/b40-34+. The zero-order chi connectivity index (χ0) is 35.3. The van der Waals surface area contributed by atoms with Gasteiger partial charge in [0.05, 0.1) is 16.5 Å². The number of aliphatic hydroxyl groups is 1. The summed E-state index contributed by atoms with van der Waals surface area (Å²) in [6.45, 7) is 3.90. The van der Waals surface area contributed by atoms with Gasteiger partial charge in [0.15, 0.2) is 0 Å². The lowest BCUT2D eigenvalue weighted by Crippen LogP contribution is -2.48. The van der Waals surface area contributed by atoms with Crippen molar-refractivity contribution in [3.05, 3.63) is 142 Å². The summed E-state index contributed by atoms with van der Waals surface area (Å²) in [7, 11) is 0. The number of rotatable bonds is 9. The minimum Gasteiger partial charge on any atom is -0.506 e. The van der Waals surface area contributed by atoms with Gasteiger partial charge >= 0.3 is 14.0 Å². The van der Waals surface area contributed by atoms with Crippen LogP contribution < -0.4 is 37.2 Å². The van der Waals surface area contributed by atoms with E-state index in [2.05, 4.69) is 102 Å². The molecule has 9 rings (SSSR count). The van der Waals surface area contributed by atoms with Gasteiger partial charge in [-0.05, 0) is 70.6 Å². The molecule has 0 bridgehead atoms. The average Bonchev–Trinajstić information content (AvgIpc) is 3.18. The first kappa shape index (κ1) is 32.2. The molecule has 0 atom stereocenters. The van der Waals surface area contributed by atoms with Gasteiger partial charge in [0.25, 0.3) is 0 Å². The summed E-state index contributed by atoms with van der Waals surface area (Å²) in [5, 5.41) is 28.3. The van der Waals surface area contributed by atoms with E-state index in [0.717, 1.165) is 80.6 Å². The molecular weight excluding hydrogens is 638 g/mol. The molecule has 0 unspecified atom stereocenters. The molecule has 4 N–H and O–H groups in total. The predicted molar refractivity (Wildman–Crippen MR) is 218 cm³/mol. The van der Waals surface area contributed by atoms with Crippen LogP contribution in [0.25, 0.3) is 32.7 Å². The Bertz CT molecular complexity index is 2560. The maximum absolute atomic E-state index is 14.4. The Morgan fingerprint density at radius 1 is 0.635 bits per heavy atom. The Balaban J connectivity index is 1.15. The van der Waals surface area contributed by atoms with E-state index in [9.17, 15) is 9.90 Å². The predicted octanol–water partition coefficient (Wildman–Crippen LogP) is 7.05. The molecule has 6 nitrogen and oxygen atoms in total. The lowest BCUT2D eigenvalue weighted by atomic mass is 9.65. The highest BCUT2D eigenvalue weighted by Gasteiger charge is 2.39. The first-order valence-corrected chi connectivity index (χ1v) is 18.7. The van der Waals surface area contributed by atoms with Gasteiger partial charge in [0.2, 0.25) is 5.78 Å². The van der Waals surface area contributed by atoms with E-state index in [1.54, 1.807) is 0 Å². The number of benzene rings is 6. The maximum Gasteiger partial charge on any atom is 0.427 e. The first-order chi connectivity index (χ1) is 25.5. The second kappa shape index (κ2) is 13.1. The van der Waals surface area contributed by atoms with E-state index in [4.69, 9.17) is 4.90 Å². The molecular formula is C44H40B2N4O2. The van der Waals surface area contributed by atoms with Crippen LogP contribution in [0.5, 0.6) is 0 Å². The molecule has 0 saturated heterocycles. The number of hydrogen-bond acceptors (Lipinski definition) is 6. The highest BCUT2D eigenvalue weighted by molar-refractivity contribution is 6.80. The van der Waals surface area contributed by atoms with Crippen LogP contribution in [-0.2, 0) is 17.6 Å². The fourth-order valence-electron chi connectivity index (χ4n) is 8.05. The lowest BCUT2D eigenvalue weighted by molar-refractivity contribution is -0.109. The number of carbonyl (C=O) groups is 1. The molecule has 0 radical (unpaired) electrons. The monoisotopic (exact) mass is 678 g/mol. The Labute approximate surface area is 304 Å². The number of hydrogen-bond donors (Lipinski definition) is 4. The quantitative estimate of drug-likeness (QED) is 0.123. The number of nitrogens with zero attached hydrogens (tertiary/aromatic N) is 1. The third-order valence-electron chi connectivity index (χ3n) is 10.9. The summed E-state index contributed by atoms with van der Waals surface area (Å²) in [4.78, 5) is 19.6. The number of aryl methyl sites for hydroxylation is 2. The third-order valence-corrected chi connectivity index (χ3v) is 10.9. The minimum atomic E-state index is -0.321. The Morgan fingerprint density at radius 2 is 1.25 bits per heavy atom. The van der Waals surface area contributed by atoms with Gasteiger partial charge in [-0.1, -0.05) is 124 Å². The molecule has 0 amide bonds.